The van der Waals surface area contributed by atoms with Crippen molar-refractivity contribution in [2.75, 3.05) is 0 Å². The smallest absolute Gasteiger partial charge is 0.317 e. The second-order valence-electron chi connectivity index (χ2n) is 10.1. The Kier molecular flexibility index (Phi) is 6.30. The molecule has 0 radical (unpaired) electrons. The van der Waals surface area contributed by atoms with Gasteiger partial charge < -0.3 is 9.84 Å². The van der Waals surface area contributed by atoms with Crippen LogP contribution in [-0.4, -0.2) is 42.0 Å². The minimum Gasteiger partial charge on any atom is -0.508 e. The van der Waals surface area contributed by atoms with Gasteiger partial charge in [-0.25, -0.2) is 9.50 Å². The molecule has 5 rings (SSSR count). The van der Waals surface area contributed by atoms with Crippen molar-refractivity contribution in [3.05, 3.63) is 53.1 Å². The van der Waals surface area contributed by atoms with Crippen LogP contribution in [0.4, 0.5) is 0 Å². The number of cyclic esters (lactones) is 1. The largest absolute Gasteiger partial charge is 0.508 e. The number of aryl methyl sites for hydroxylation is 3. The Morgan fingerprint density at radius 1 is 1.23 bits per heavy atom. The molecule has 2 aliphatic rings. The zero-order chi connectivity index (χ0) is 24.6. The fraction of sp³-hybridized carbons (Fsp3) is 0.519. The molecule has 0 bridgehead atoms. The maximum atomic E-state index is 13.4. The van der Waals surface area contributed by atoms with Gasteiger partial charge in [0, 0.05) is 25.2 Å². The molecule has 35 heavy (non-hydrogen) atoms. The lowest BCUT2D eigenvalue weighted by molar-refractivity contribution is -0.185. The number of Topliss-reactive ketones (excluding diaryl/α,β-unsaturated/α-hetero) is 1. The number of aromatic nitrogens is 4. The molecular weight excluding hydrogens is 444 g/mol. The zero-order valence-electron chi connectivity index (χ0n) is 20.4. The normalized spacial score (nSPS) is 23.2. The first kappa shape index (κ1) is 23.5. The summed E-state index contributed by atoms with van der Waals surface area (Å²) in [6.07, 6.45) is 10.1. The molecule has 0 spiro atoms. The average Bonchev–Trinajstić information content (AvgIpc) is 3.51. The quantitative estimate of drug-likeness (QED) is 0.407. The Morgan fingerprint density at radius 2 is 2.03 bits per heavy atom. The van der Waals surface area contributed by atoms with Crippen molar-refractivity contribution in [2.45, 2.75) is 77.2 Å². The van der Waals surface area contributed by atoms with Gasteiger partial charge in [-0.2, -0.15) is 4.98 Å². The number of phenolic OH excluding ortho intramolecular Hbond substituents is 1. The van der Waals surface area contributed by atoms with Crippen LogP contribution in [0.2, 0.25) is 0 Å². The number of hydrogen-bond acceptors (Lipinski definition) is 7. The van der Waals surface area contributed by atoms with Crippen LogP contribution in [0.15, 0.2) is 30.6 Å². The van der Waals surface area contributed by atoms with E-state index >= 15 is 0 Å². The highest BCUT2D eigenvalue weighted by molar-refractivity contribution is 6.01. The van der Waals surface area contributed by atoms with Crippen molar-refractivity contribution in [3.8, 4) is 5.75 Å². The molecule has 8 nitrogen and oxygen atoms in total. The first-order valence-corrected chi connectivity index (χ1v) is 12.6. The molecule has 8 heteroatoms. The van der Waals surface area contributed by atoms with Gasteiger partial charge in [0.05, 0.1) is 0 Å². The van der Waals surface area contributed by atoms with E-state index in [9.17, 15) is 14.7 Å². The number of carbonyl (C=O) groups excluding carboxylic acids is 2. The molecule has 2 unspecified atom stereocenters. The maximum Gasteiger partial charge on any atom is 0.317 e. The van der Waals surface area contributed by atoms with Gasteiger partial charge in [0.2, 0.25) is 0 Å². The molecule has 1 N–H and O–H groups in total. The summed E-state index contributed by atoms with van der Waals surface area (Å²) >= 11 is 0. The number of fused-ring (bicyclic) bond motifs is 1. The molecule has 1 saturated heterocycles. The summed E-state index contributed by atoms with van der Waals surface area (Å²) in [6, 6.07) is 5.65. The Balaban J connectivity index is 1.35. The molecule has 184 valence electrons. The number of carbonyl (C=O) groups is 2. The molecule has 1 aromatic carbocycles. The molecule has 2 aromatic heterocycles. The summed E-state index contributed by atoms with van der Waals surface area (Å²) in [5.74, 6) is -0.0733. The Labute approximate surface area is 204 Å². The SMILES string of the molecule is CCc1cc(CCC2(C3CCCC3)CC(=O)C(Cc3nc4ncc(C)cn4n3)C(=O)O2)ccc1O. The van der Waals surface area contributed by atoms with E-state index in [1.807, 2.05) is 32.2 Å². The summed E-state index contributed by atoms with van der Waals surface area (Å²) in [7, 11) is 0. The Bertz CT molecular complexity index is 1240. The highest BCUT2D eigenvalue weighted by Gasteiger charge is 2.51. The van der Waals surface area contributed by atoms with Crippen molar-refractivity contribution in [1.29, 1.82) is 0 Å². The molecule has 2 atom stereocenters. The molecule has 1 saturated carbocycles. The maximum absolute atomic E-state index is 13.4. The minimum absolute atomic E-state index is 0.0869. The van der Waals surface area contributed by atoms with Gasteiger partial charge in [-0.3, -0.25) is 9.59 Å². The van der Waals surface area contributed by atoms with Gasteiger partial charge in [0.25, 0.3) is 5.78 Å². The molecule has 0 amide bonds. The molecule has 3 aromatic rings. The summed E-state index contributed by atoms with van der Waals surface area (Å²) in [4.78, 5) is 35.3. The van der Waals surface area contributed by atoms with E-state index in [0.717, 1.165) is 48.8 Å². The Hall–Kier alpha value is -3.29. The van der Waals surface area contributed by atoms with Crippen molar-refractivity contribution in [2.24, 2.45) is 11.8 Å². The number of hydrogen-bond donors (Lipinski definition) is 1. The number of benzene rings is 1. The van der Waals surface area contributed by atoms with Crippen molar-refractivity contribution >= 4 is 17.5 Å². The third kappa shape index (κ3) is 4.66. The van der Waals surface area contributed by atoms with Crippen LogP contribution in [0.5, 0.6) is 5.75 Å². The third-order valence-electron chi connectivity index (χ3n) is 7.66. The molecular formula is C27H32N4O4. The lowest BCUT2D eigenvalue weighted by Crippen LogP contribution is -2.52. The molecule has 2 fully saturated rings. The van der Waals surface area contributed by atoms with E-state index in [4.69, 9.17) is 4.74 Å². The van der Waals surface area contributed by atoms with E-state index in [0.29, 0.717) is 30.2 Å². The van der Waals surface area contributed by atoms with Crippen molar-refractivity contribution in [3.63, 3.8) is 0 Å². The van der Waals surface area contributed by atoms with E-state index in [1.54, 1.807) is 16.8 Å². The number of ketones is 1. The van der Waals surface area contributed by atoms with Crippen LogP contribution in [0.25, 0.3) is 5.78 Å². The van der Waals surface area contributed by atoms with E-state index < -0.39 is 17.5 Å². The monoisotopic (exact) mass is 476 g/mol. The van der Waals surface area contributed by atoms with Gasteiger partial charge in [0.1, 0.15) is 17.3 Å². The van der Waals surface area contributed by atoms with E-state index in [2.05, 4.69) is 15.1 Å². The first-order chi connectivity index (χ1) is 16.9. The summed E-state index contributed by atoms with van der Waals surface area (Å²) in [5.41, 5.74) is 2.16. The summed E-state index contributed by atoms with van der Waals surface area (Å²) < 4.78 is 7.80. The van der Waals surface area contributed by atoms with Crippen LogP contribution in [0.3, 0.4) is 0 Å². The van der Waals surface area contributed by atoms with E-state index in [-0.39, 0.29) is 24.5 Å². The molecule has 1 aliphatic carbocycles. The van der Waals surface area contributed by atoms with Crippen LogP contribution in [-0.2, 0) is 33.6 Å². The minimum atomic E-state index is -0.886. The van der Waals surface area contributed by atoms with Gasteiger partial charge in [0.15, 0.2) is 11.6 Å². The van der Waals surface area contributed by atoms with Crippen molar-refractivity contribution in [1.82, 2.24) is 19.6 Å². The van der Waals surface area contributed by atoms with Crippen LogP contribution in [0.1, 0.15) is 68.0 Å². The van der Waals surface area contributed by atoms with Crippen molar-refractivity contribution < 1.29 is 19.4 Å². The predicted octanol–water partition coefficient (Wildman–Crippen LogP) is 3.94. The standard InChI is InChI=1S/C27H32N4O4/c1-3-19-12-18(8-9-22(19)32)10-11-27(20-6-4-5-7-20)14-23(33)21(25(34)35-27)13-24-29-26-28-15-17(2)16-31(26)30-24/h8-9,12,15-16,20-21,32H,3-7,10-11,13-14H2,1-2H3. The topological polar surface area (TPSA) is 107 Å². The number of phenols is 1. The number of nitrogens with zero attached hydrogens (tertiary/aromatic N) is 4. The van der Waals surface area contributed by atoms with Gasteiger partial charge in [-0.1, -0.05) is 31.9 Å². The van der Waals surface area contributed by atoms with Gasteiger partial charge in [-0.05, 0) is 67.7 Å². The number of aromatic hydroxyl groups is 1. The zero-order valence-corrected chi connectivity index (χ0v) is 20.4. The molecule has 3 heterocycles. The summed E-state index contributed by atoms with van der Waals surface area (Å²) in [5, 5.41) is 14.4. The highest BCUT2D eigenvalue weighted by atomic mass is 16.6. The first-order valence-electron chi connectivity index (χ1n) is 12.6. The average molecular weight is 477 g/mol. The summed E-state index contributed by atoms with van der Waals surface area (Å²) in [6.45, 7) is 3.93. The van der Waals surface area contributed by atoms with Crippen LogP contribution < -0.4 is 0 Å². The second-order valence-corrected chi connectivity index (χ2v) is 10.1. The lowest BCUT2D eigenvalue weighted by Gasteiger charge is -2.43. The van der Waals surface area contributed by atoms with Gasteiger partial charge in [-0.15, -0.1) is 5.10 Å². The van der Waals surface area contributed by atoms with Gasteiger partial charge >= 0.3 is 5.97 Å². The number of rotatable bonds is 7. The second kappa shape index (κ2) is 9.40. The van der Waals surface area contributed by atoms with Crippen LogP contribution in [0, 0.1) is 18.8 Å². The molecule has 1 aliphatic heterocycles. The number of ether oxygens (including phenoxy) is 1. The third-order valence-corrected chi connectivity index (χ3v) is 7.66. The lowest BCUT2D eigenvalue weighted by atomic mass is 9.73. The predicted molar refractivity (Wildman–Crippen MR) is 129 cm³/mol. The van der Waals surface area contributed by atoms with Crippen LogP contribution >= 0.6 is 0 Å². The highest BCUT2D eigenvalue weighted by Crippen LogP contribution is 2.45. The van der Waals surface area contributed by atoms with E-state index in [1.165, 1.54) is 0 Å². The Morgan fingerprint density at radius 3 is 2.77 bits per heavy atom. The fourth-order valence-corrected chi connectivity index (χ4v) is 5.70. The fourth-order valence-electron chi connectivity index (χ4n) is 5.70. The number of esters is 1.